The molecule has 0 aliphatic heterocycles. The largest absolute Gasteiger partial charge is 0.400 e. The van der Waals surface area contributed by atoms with Crippen LogP contribution < -0.4 is 0 Å². The molecule has 0 fully saturated rings. The SMILES string of the molecule is CCCCCC(Cl)C[SiH](OC)OC. The van der Waals surface area contributed by atoms with Gasteiger partial charge in [0.1, 0.15) is 0 Å². The van der Waals surface area contributed by atoms with E-state index in [9.17, 15) is 0 Å². The summed E-state index contributed by atoms with van der Waals surface area (Å²) in [5, 5.41) is 0.239. The zero-order valence-electron chi connectivity index (χ0n) is 8.88. The molecule has 0 aromatic carbocycles. The van der Waals surface area contributed by atoms with Gasteiger partial charge in [0.25, 0.3) is 0 Å². The summed E-state index contributed by atoms with van der Waals surface area (Å²) >= 11 is 6.14. The minimum atomic E-state index is -1.43. The minimum Gasteiger partial charge on any atom is -0.400 e. The zero-order valence-corrected chi connectivity index (χ0v) is 10.8. The molecule has 0 bridgehead atoms. The van der Waals surface area contributed by atoms with Crippen LogP contribution in [0, 0.1) is 0 Å². The predicted octanol–water partition coefficient (Wildman–Crippen LogP) is 2.69. The van der Waals surface area contributed by atoms with Crippen LogP contribution in [0.4, 0.5) is 0 Å². The normalized spacial score (nSPS) is 13.6. The molecule has 0 saturated carbocycles. The highest BCUT2D eigenvalue weighted by atomic mass is 35.5. The van der Waals surface area contributed by atoms with Crippen molar-refractivity contribution < 1.29 is 8.85 Å². The smallest absolute Gasteiger partial charge is 0.322 e. The Labute approximate surface area is 88.4 Å². The van der Waals surface area contributed by atoms with E-state index < -0.39 is 9.28 Å². The maximum Gasteiger partial charge on any atom is 0.322 e. The lowest BCUT2D eigenvalue weighted by atomic mass is 10.2. The van der Waals surface area contributed by atoms with Crippen LogP contribution in [0.25, 0.3) is 0 Å². The predicted molar refractivity (Wildman–Crippen MR) is 59.8 cm³/mol. The van der Waals surface area contributed by atoms with E-state index >= 15 is 0 Å². The fourth-order valence-corrected chi connectivity index (χ4v) is 3.05. The Morgan fingerprint density at radius 2 is 1.85 bits per heavy atom. The second-order valence-electron chi connectivity index (χ2n) is 3.23. The Morgan fingerprint density at radius 1 is 1.23 bits per heavy atom. The third-order valence-electron chi connectivity index (χ3n) is 2.09. The molecule has 0 rings (SSSR count). The lowest BCUT2D eigenvalue weighted by Gasteiger charge is -2.14. The quantitative estimate of drug-likeness (QED) is 0.359. The van der Waals surface area contributed by atoms with E-state index in [4.69, 9.17) is 20.5 Å². The maximum atomic E-state index is 6.14. The molecule has 0 aromatic rings. The van der Waals surface area contributed by atoms with E-state index in [1.165, 1.54) is 19.3 Å². The Balaban J connectivity index is 3.42. The molecule has 2 nitrogen and oxygen atoms in total. The first-order chi connectivity index (χ1) is 6.24. The Hall–Kier alpha value is 0.427. The van der Waals surface area contributed by atoms with Crippen molar-refractivity contribution in [1.82, 2.24) is 0 Å². The van der Waals surface area contributed by atoms with Gasteiger partial charge < -0.3 is 8.85 Å². The molecule has 0 aliphatic carbocycles. The average Bonchev–Trinajstić information content (AvgIpc) is 2.14. The van der Waals surface area contributed by atoms with Crippen LogP contribution in [-0.2, 0) is 8.85 Å². The third kappa shape index (κ3) is 7.49. The van der Waals surface area contributed by atoms with Gasteiger partial charge in [-0.25, -0.2) is 0 Å². The second kappa shape index (κ2) is 9.00. The fraction of sp³-hybridized carbons (Fsp3) is 1.00. The van der Waals surface area contributed by atoms with Crippen molar-refractivity contribution in [3.63, 3.8) is 0 Å². The Kier molecular flexibility index (Phi) is 9.30. The molecule has 0 amide bonds. The van der Waals surface area contributed by atoms with E-state index in [1.807, 2.05) is 0 Å². The summed E-state index contributed by atoms with van der Waals surface area (Å²) in [6.07, 6.45) is 4.83. The van der Waals surface area contributed by atoms with Crippen molar-refractivity contribution in [3.8, 4) is 0 Å². The molecule has 1 unspecified atom stereocenters. The van der Waals surface area contributed by atoms with Crippen molar-refractivity contribution in [2.45, 2.75) is 44.0 Å². The molecule has 0 saturated heterocycles. The summed E-state index contributed by atoms with van der Waals surface area (Å²) in [7, 11) is 1.98. The molecule has 0 spiro atoms. The molecule has 4 heteroatoms. The number of alkyl halides is 1. The number of hydrogen-bond donors (Lipinski definition) is 0. The molecule has 0 aromatic heterocycles. The van der Waals surface area contributed by atoms with E-state index in [-0.39, 0.29) is 5.38 Å². The molecule has 80 valence electrons. The fourth-order valence-electron chi connectivity index (χ4n) is 1.23. The number of hydrogen-bond acceptors (Lipinski definition) is 2. The first-order valence-corrected chi connectivity index (χ1v) is 7.13. The van der Waals surface area contributed by atoms with Crippen molar-refractivity contribution in [3.05, 3.63) is 0 Å². The summed E-state index contributed by atoms with van der Waals surface area (Å²) in [5.74, 6) is 0. The second-order valence-corrected chi connectivity index (χ2v) is 6.12. The van der Waals surface area contributed by atoms with Gasteiger partial charge in [0.15, 0.2) is 0 Å². The number of halogens is 1. The topological polar surface area (TPSA) is 18.5 Å². The lowest BCUT2D eigenvalue weighted by Crippen LogP contribution is -2.22. The minimum absolute atomic E-state index is 0.239. The van der Waals surface area contributed by atoms with E-state index in [2.05, 4.69) is 6.92 Å². The van der Waals surface area contributed by atoms with Gasteiger partial charge in [-0.1, -0.05) is 26.2 Å². The van der Waals surface area contributed by atoms with Crippen LogP contribution >= 0.6 is 11.6 Å². The van der Waals surface area contributed by atoms with E-state index in [0.29, 0.717) is 0 Å². The maximum absolute atomic E-state index is 6.14. The van der Waals surface area contributed by atoms with Gasteiger partial charge in [0, 0.05) is 25.6 Å². The van der Waals surface area contributed by atoms with Crippen molar-refractivity contribution >= 4 is 20.9 Å². The summed E-state index contributed by atoms with van der Waals surface area (Å²) in [5.41, 5.74) is 0. The molecular formula is C9H21ClO2Si. The number of unbranched alkanes of at least 4 members (excludes halogenated alkanes) is 2. The van der Waals surface area contributed by atoms with Gasteiger partial charge in [-0.05, 0) is 6.42 Å². The van der Waals surface area contributed by atoms with Crippen LogP contribution in [-0.4, -0.2) is 28.9 Å². The van der Waals surface area contributed by atoms with Crippen molar-refractivity contribution in [1.29, 1.82) is 0 Å². The molecule has 0 radical (unpaired) electrons. The van der Waals surface area contributed by atoms with Crippen LogP contribution in [0.2, 0.25) is 6.04 Å². The number of rotatable bonds is 8. The van der Waals surface area contributed by atoms with Crippen LogP contribution in [0.3, 0.4) is 0 Å². The van der Waals surface area contributed by atoms with Crippen LogP contribution in [0.5, 0.6) is 0 Å². The average molecular weight is 225 g/mol. The highest BCUT2D eigenvalue weighted by Crippen LogP contribution is 2.15. The van der Waals surface area contributed by atoms with Gasteiger partial charge in [0.2, 0.25) is 0 Å². The summed E-state index contributed by atoms with van der Waals surface area (Å²) in [6.45, 7) is 2.20. The molecule has 13 heavy (non-hydrogen) atoms. The molecule has 0 aliphatic rings. The van der Waals surface area contributed by atoms with Gasteiger partial charge >= 0.3 is 9.28 Å². The van der Waals surface area contributed by atoms with E-state index in [0.717, 1.165) is 12.5 Å². The van der Waals surface area contributed by atoms with Crippen LogP contribution in [0.15, 0.2) is 0 Å². The van der Waals surface area contributed by atoms with Gasteiger partial charge in [-0.15, -0.1) is 11.6 Å². The van der Waals surface area contributed by atoms with Gasteiger partial charge in [-0.3, -0.25) is 0 Å². The first kappa shape index (κ1) is 13.4. The van der Waals surface area contributed by atoms with Crippen molar-refractivity contribution in [2.75, 3.05) is 14.2 Å². The standard InChI is InChI=1S/C9H21ClO2Si/c1-4-5-6-7-9(10)8-13(11-2)12-3/h9,13H,4-8H2,1-3H3. The molecule has 0 heterocycles. The highest BCUT2D eigenvalue weighted by Gasteiger charge is 2.15. The Bertz CT molecular complexity index is 110. The van der Waals surface area contributed by atoms with Gasteiger partial charge in [0.05, 0.1) is 0 Å². The van der Waals surface area contributed by atoms with Crippen molar-refractivity contribution in [2.24, 2.45) is 0 Å². The molecular weight excluding hydrogens is 204 g/mol. The molecule has 1 atom stereocenters. The van der Waals surface area contributed by atoms with E-state index in [1.54, 1.807) is 14.2 Å². The third-order valence-corrected chi connectivity index (χ3v) is 4.80. The first-order valence-electron chi connectivity index (χ1n) is 4.94. The van der Waals surface area contributed by atoms with Gasteiger partial charge in [-0.2, -0.15) is 0 Å². The summed E-state index contributed by atoms with van der Waals surface area (Å²) in [6, 6.07) is 0.915. The van der Waals surface area contributed by atoms with Crippen LogP contribution in [0.1, 0.15) is 32.6 Å². The summed E-state index contributed by atoms with van der Waals surface area (Å²) < 4.78 is 10.4. The highest BCUT2D eigenvalue weighted by molar-refractivity contribution is 6.46. The Morgan fingerprint density at radius 3 is 2.31 bits per heavy atom. The lowest BCUT2D eigenvalue weighted by molar-refractivity contribution is 0.276. The molecule has 0 N–H and O–H groups in total. The monoisotopic (exact) mass is 224 g/mol. The summed E-state index contributed by atoms with van der Waals surface area (Å²) in [4.78, 5) is 0. The zero-order chi connectivity index (χ0) is 10.1.